The minimum Gasteiger partial charge on any atom is -0.349 e. The summed E-state index contributed by atoms with van der Waals surface area (Å²) in [7, 11) is 4.47. The first-order valence-electron chi connectivity index (χ1n) is 6.51. The Morgan fingerprint density at radius 2 is 1.57 bits per heavy atom. The van der Waals surface area contributed by atoms with Gasteiger partial charge < -0.3 is 9.80 Å². The molecule has 1 aromatic rings. The van der Waals surface area contributed by atoms with Crippen LogP contribution in [-0.4, -0.2) is 64.7 Å². The molecule has 0 fully saturated rings. The van der Waals surface area contributed by atoms with Crippen molar-refractivity contribution < 1.29 is 8.42 Å². The maximum atomic E-state index is 12.1. The van der Waals surface area contributed by atoms with Gasteiger partial charge in [0.1, 0.15) is 0 Å². The van der Waals surface area contributed by atoms with E-state index in [1.54, 1.807) is 24.3 Å². The number of benzene rings is 1. The van der Waals surface area contributed by atoms with E-state index in [1.165, 1.54) is 0 Å². The van der Waals surface area contributed by atoms with Gasteiger partial charge in [-0.05, 0) is 18.6 Å². The monoisotopic (exact) mass is 425 g/mol. The summed E-state index contributed by atoms with van der Waals surface area (Å²) in [6.07, 6.45) is 0.516. The van der Waals surface area contributed by atoms with E-state index in [4.69, 9.17) is 0 Å². The van der Waals surface area contributed by atoms with Gasteiger partial charge in [-0.3, -0.25) is 4.99 Å². The average Bonchev–Trinajstić information content (AvgIpc) is 2.38. The van der Waals surface area contributed by atoms with Crippen molar-refractivity contribution in [2.24, 2.45) is 4.99 Å². The van der Waals surface area contributed by atoms with Gasteiger partial charge in [0.25, 0.3) is 0 Å². The zero-order valence-corrected chi connectivity index (χ0v) is 16.1. The van der Waals surface area contributed by atoms with E-state index in [0.717, 1.165) is 5.96 Å². The summed E-state index contributed by atoms with van der Waals surface area (Å²) in [6.45, 7) is 0.498. The predicted molar refractivity (Wildman–Crippen MR) is 98.2 cm³/mol. The van der Waals surface area contributed by atoms with Gasteiger partial charge in [-0.15, -0.1) is 24.0 Å². The number of aliphatic imine (C=N–C) groups is 1. The smallest absolute Gasteiger partial charge is 0.195 e. The van der Waals surface area contributed by atoms with Crippen molar-refractivity contribution in [3.63, 3.8) is 0 Å². The Kier molecular flexibility index (Phi) is 8.88. The van der Waals surface area contributed by atoms with E-state index < -0.39 is 9.84 Å². The second kappa shape index (κ2) is 9.24. The minimum atomic E-state index is -3.20. The third-order valence-corrected chi connectivity index (χ3v) is 4.54. The Morgan fingerprint density at radius 1 is 1.05 bits per heavy atom. The van der Waals surface area contributed by atoms with Crippen LogP contribution in [0.25, 0.3) is 0 Å². The van der Waals surface area contributed by atoms with E-state index in [0.29, 0.717) is 17.9 Å². The number of rotatable bonds is 5. The zero-order chi connectivity index (χ0) is 15.2. The van der Waals surface area contributed by atoms with Crippen molar-refractivity contribution >= 4 is 39.8 Å². The van der Waals surface area contributed by atoms with E-state index >= 15 is 0 Å². The average molecular weight is 425 g/mol. The zero-order valence-electron chi connectivity index (χ0n) is 13.0. The molecule has 0 amide bonds. The molecule has 0 unspecified atom stereocenters. The second-order valence-electron chi connectivity index (χ2n) is 4.96. The first-order valence-corrected chi connectivity index (χ1v) is 8.16. The molecule has 0 N–H and O–H groups in total. The molecule has 0 spiro atoms. The topological polar surface area (TPSA) is 53.0 Å². The third kappa shape index (κ3) is 6.64. The predicted octanol–water partition coefficient (Wildman–Crippen LogP) is 1.95. The molecule has 0 aliphatic rings. The Morgan fingerprint density at radius 3 is 2.05 bits per heavy atom. The van der Waals surface area contributed by atoms with Crippen molar-refractivity contribution in [1.29, 1.82) is 0 Å². The summed E-state index contributed by atoms with van der Waals surface area (Å²) >= 11 is 0. The number of sulfone groups is 1. The normalized spacial score (nSPS) is 10.5. The molecule has 21 heavy (non-hydrogen) atoms. The highest BCUT2D eigenvalue weighted by molar-refractivity contribution is 14.0. The van der Waals surface area contributed by atoms with Crippen LogP contribution >= 0.6 is 24.0 Å². The number of hydrogen-bond donors (Lipinski definition) is 0. The molecule has 1 rings (SSSR count). The molecule has 5 nitrogen and oxygen atoms in total. The van der Waals surface area contributed by atoms with E-state index in [1.807, 2.05) is 44.1 Å². The molecule has 1 aromatic carbocycles. The van der Waals surface area contributed by atoms with Crippen molar-refractivity contribution in [1.82, 2.24) is 9.80 Å². The number of hydrogen-bond acceptors (Lipinski definition) is 3. The van der Waals surface area contributed by atoms with Gasteiger partial charge in [-0.25, -0.2) is 8.42 Å². The highest BCUT2D eigenvalue weighted by Gasteiger charge is 2.13. The van der Waals surface area contributed by atoms with Crippen LogP contribution in [0.3, 0.4) is 0 Å². The van der Waals surface area contributed by atoms with Crippen LogP contribution in [0.1, 0.15) is 6.42 Å². The Balaban J connectivity index is 0.00000400. The van der Waals surface area contributed by atoms with Gasteiger partial charge >= 0.3 is 0 Å². The fraction of sp³-hybridized carbons (Fsp3) is 0.500. The van der Waals surface area contributed by atoms with Crippen LogP contribution in [0.2, 0.25) is 0 Å². The summed E-state index contributed by atoms with van der Waals surface area (Å²) in [5, 5.41) is 0. The molecule has 7 heteroatoms. The Labute approximate surface area is 145 Å². The van der Waals surface area contributed by atoms with Gasteiger partial charge in [0.05, 0.1) is 10.6 Å². The summed E-state index contributed by atoms with van der Waals surface area (Å²) in [5.74, 6) is 0.955. The molecule has 0 saturated carbocycles. The SMILES string of the molecule is CN(C)C(=NCCCS(=O)(=O)c1ccccc1)N(C)C.I. The number of guanidine groups is 1. The van der Waals surface area contributed by atoms with Gasteiger partial charge in [0.2, 0.25) is 0 Å². The maximum absolute atomic E-state index is 12.1. The third-order valence-electron chi connectivity index (χ3n) is 2.73. The number of nitrogens with zero attached hydrogens (tertiary/aromatic N) is 3. The maximum Gasteiger partial charge on any atom is 0.195 e. The minimum absolute atomic E-state index is 0. The first-order chi connectivity index (χ1) is 9.34. The second-order valence-corrected chi connectivity index (χ2v) is 7.07. The number of halogens is 1. The van der Waals surface area contributed by atoms with E-state index in [-0.39, 0.29) is 29.7 Å². The quantitative estimate of drug-likeness (QED) is 0.313. The molecule has 0 aliphatic heterocycles. The molecule has 0 bridgehead atoms. The van der Waals surface area contributed by atoms with Crippen LogP contribution in [0.15, 0.2) is 40.2 Å². The van der Waals surface area contributed by atoms with Gasteiger partial charge in [-0.2, -0.15) is 0 Å². The Hall–Kier alpha value is -0.830. The summed E-state index contributed by atoms with van der Waals surface area (Å²) in [4.78, 5) is 8.62. The molecule has 0 saturated heterocycles. The highest BCUT2D eigenvalue weighted by Crippen LogP contribution is 2.11. The molecule has 0 aliphatic carbocycles. The van der Waals surface area contributed by atoms with Crippen LogP contribution in [0.4, 0.5) is 0 Å². The molecular formula is C14H24IN3O2S. The van der Waals surface area contributed by atoms with Crippen LogP contribution in [0, 0.1) is 0 Å². The van der Waals surface area contributed by atoms with Crippen molar-refractivity contribution in [2.45, 2.75) is 11.3 Å². The first kappa shape index (κ1) is 20.2. The van der Waals surface area contributed by atoms with E-state index in [2.05, 4.69) is 4.99 Å². The molecule has 0 atom stereocenters. The summed E-state index contributed by atoms with van der Waals surface area (Å²) < 4.78 is 24.2. The highest BCUT2D eigenvalue weighted by atomic mass is 127. The van der Waals surface area contributed by atoms with Gasteiger partial charge in [-0.1, -0.05) is 18.2 Å². The van der Waals surface area contributed by atoms with Crippen molar-refractivity contribution in [3.05, 3.63) is 30.3 Å². The molecule has 0 radical (unpaired) electrons. The molecule has 0 aromatic heterocycles. The van der Waals surface area contributed by atoms with Crippen molar-refractivity contribution in [2.75, 3.05) is 40.5 Å². The lowest BCUT2D eigenvalue weighted by Crippen LogP contribution is -2.35. The van der Waals surface area contributed by atoms with Crippen LogP contribution < -0.4 is 0 Å². The van der Waals surface area contributed by atoms with Gasteiger partial charge in [0, 0.05) is 34.7 Å². The standard InChI is InChI=1S/C14H23N3O2S.HI/c1-16(2)14(17(3)4)15-11-8-12-20(18,19)13-9-6-5-7-10-13;/h5-7,9-10H,8,11-12H2,1-4H3;1H. The molecule has 120 valence electrons. The van der Waals surface area contributed by atoms with Crippen molar-refractivity contribution in [3.8, 4) is 0 Å². The lowest BCUT2D eigenvalue weighted by molar-refractivity contribution is 0.479. The van der Waals surface area contributed by atoms with Crippen LogP contribution in [-0.2, 0) is 9.84 Å². The Bertz CT molecular complexity index is 533. The molecule has 0 heterocycles. The fourth-order valence-corrected chi connectivity index (χ4v) is 3.18. The van der Waals surface area contributed by atoms with Crippen LogP contribution in [0.5, 0.6) is 0 Å². The van der Waals surface area contributed by atoms with E-state index in [9.17, 15) is 8.42 Å². The summed E-state index contributed by atoms with van der Waals surface area (Å²) in [6, 6.07) is 8.54. The summed E-state index contributed by atoms with van der Waals surface area (Å²) in [5.41, 5.74) is 0. The fourth-order valence-electron chi connectivity index (χ4n) is 1.86. The largest absolute Gasteiger partial charge is 0.349 e. The lowest BCUT2D eigenvalue weighted by atomic mass is 10.4. The molecular weight excluding hydrogens is 401 g/mol. The van der Waals surface area contributed by atoms with Gasteiger partial charge in [0.15, 0.2) is 15.8 Å². The lowest BCUT2D eigenvalue weighted by Gasteiger charge is -2.22.